The number of hydrogen-bond acceptors (Lipinski definition) is 2. The lowest BCUT2D eigenvalue weighted by molar-refractivity contribution is 0.200. The second-order valence-corrected chi connectivity index (χ2v) is 4.70. The molecule has 0 saturated carbocycles. The topological polar surface area (TPSA) is 29.5 Å². The van der Waals surface area contributed by atoms with E-state index in [1.165, 1.54) is 44.1 Å². The Morgan fingerprint density at radius 3 is 2.50 bits per heavy atom. The minimum atomic E-state index is 0.0748. The summed E-state index contributed by atoms with van der Waals surface area (Å²) in [5.41, 5.74) is 1.27. The smallest absolute Gasteiger partial charge is 0.122 e. The molecule has 0 bridgehead atoms. The molecule has 0 amide bonds. The first-order valence-electron chi connectivity index (χ1n) is 7.20. The Labute approximate surface area is 111 Å². The van der Waals surface area contributed by atoms with E-state index in [4.69, 9.17) is 9.84 Å². The van der Waals surface area contributed by atoms with Crippen molar-refractivity contribution in [1.29, 1.82) is 0 Å². The Kier molecular flexibility index (Phi) is 8.32. The highest BCUT2D eigenvalue weighted by molar-refractivity contribution is 5.33. The van der Waals surface area contributed by atoms with Gasteiger partial charge in [0, 0.05) is 0 Å². The molecule has 1 aromatic rings. The van der Waals surface area contributed by atoms with Crippen LogP contribution in [0, 0.1) is 0 Å². The summed E-state index contributed by atoms with van der Waals surface area (Å²) in [5.74, 6) is 0.931. The number of benzene rings is 1. The minimum absolute atomic E-state index is 0.0748. The fourth-order valence-electron chi connectivity index (χ4n) is 2.10. The van der Waals surface area contributed by atoms with Crippen LogP contribution < -0.4 is 4.74 Å². The van der Waals surface area contributed by atoms with Gasteiger partial charge in [0.15, 0.2) is 0 Å². The van der Waals surface area contributed by atoms with Crippen LogP contribution in [0.1, 0.15) is 51.0 Å². The van der Waals surface area contributed by atoms with E-state index in [1.54, 1.807) is 0 Å². The van der Waals surface area contributed by atoms with Crippen LogP contribution in [-0.2, 0) is 6.42 Å². The van der Waals surface area contributed by atoms with Crippen LogP contribution in [0.25, 0.3) is 0 Å². The van der Waals surface area contributed by atoms with Crippen molar-refractivity contribution >= 4 is 0 Å². The van der Waals surface area contributed by atoms with Crippen LogP contribution in [0.3, 0.4) is 0 Å². The summed E-state index contributed by atoms with van der Waals surface area (Å²) in [4.78, 5) is 0. The summed E-state index contributed by atoms with van der Waals surface area (Å²) in [7, 11) is 0. The number of rotatable bonds is 10. The van der Waals surface area contributed by atoms with Gasteiger partial charge in [-0.25, -0.2) is 0 Å². The molecule has 0 aliphatic heterocycles. The molecule has 2 heteroatoms. The molecule has 18 heavy (non-hydrogen) atoms. The summed E-state index contributed by atoms with van der Waals surface area (Å²) < 4.78 is 5.53. The van der Waals surface area contributed by atoms with Gasteiger partial charge in [-0.2, -0.15) is 0 Å². The van der Waals surface area contributed by atoms with Gasteiger partial charge in [-0.3, -0.25) is 0 Å². The number of unbranched alkanes of at least 4 members (excludes halogenated alkanes) is 5. The standard InChI is InChI=1S/C16H26O2/c1-2-3-4-5-6-7-10-15-11-8-9-12-16(15)18-14-13-17/h8-9,11-12,17H,2-7,10,13-14H2,1H3. The van der Waals surface area contributed by atoms with E-state index in [0.29, 0.717) is 6.61 Å². The molecule has 1 N–H and O–H groups in total. The first kappa shape index (κ1) is 15.0. The maximum absolute atomic E-state index is 8.79. The second-order valence-electron chi connectivity index (χ2n) is 4.70. The van der Waals surface area contributed by atoms with E-state index in [2.05, 4.69) is 19.1 Å². The molecule has 0 aliphatic rings. The molecule has 0 saturated heterocycles. The first-order chi connectivity index (χ1) is 8.88. The quantitative estimate of drug-likeness (QED) is 0.637. The van der Waals surface area contributed by atoms with Gasteiger partial charge in [0.05, 0.1) is 6.61 Å². The average Bonchev–Trinajstić information content (AvgIpc) is 2.41. The van der Waals surface area contributed by atoms with Crippen LogP contribution >= 0.6 is 0 Å². The van der Waals surface area contributed by atoms with Crippen LogP contribution in [-0.4, -0.2) is 18.3 Å². The maximum Gasteiger partial charge on any atom is 0.122 e. The predicted octanol–water partition coefficient (Wildman–Crippen LogP) is 3.96. The minimum Gasteiger partial charge on any atom is -0.491 e. The molecule has 0 aliphatic carbocycles. The largest absolute Gasteiger partial charge is 0.491 e. The third-order valence-electron chi connectivity index (χ3n) is 3.12. The highest BCUT2D eigenvalue weighted by Crippen LogP contribution is 2.20. The molecule has 0 atom stereocenters. The van der Waals surface area contributed by atoms with Crippen molar-refractivity contribution in [2.24, 2.45) is 0 Å². The molecular weight excluding hydrogens is 224 g/mol. The van der Waals surface area contributed by atoms with Crippen molar-refractivity contribution < 1.29 is 9.84 Å². The molecule has 0 radical (unpaired) electrons. The number of aliphatic hydroxyl groups excluding tert-OH is 1. The van der Waals surface area contributed by atoms with Gasteiger partial charge in [0.25, 0.3) is 0 Å². The summed E-state index contributed by atoms with van der Waals surface area (Å²) in [6.45, 7) is 2.70. The fourth-order valence-corrected chi connectivity index (χ4v) is 2.10. The van der Waals surface area contributed by atoms with Crippen molar-refractivity contribution in [3.05, 3.63) is 29.8 Å². The van der Waals surface area contributed by atoms with Crippen LogP contribution in [0.5, 0.6) is 5.75 Å². The number of aliphatic hydroxyl groups is 1. The Hall–Kier alpha value is -1.02. The van der Waals surface area contributed by atoms with Crippen molar-refractivity contribution in [1.82, 2.24) is 0 Å². The number of ether oxygens (including phenoxy) is 1. The molecule has 0 unspecified atom stereocenters. The highest BCUT2D eigenvalue weighted by atomic mass is 16.5. The van der Waals surface area contributed by atoms with Gasteiger partial charge in [-0.1, -0.05) is 57.2 Å². The average molecular weight is 250 g/mol. The van der Waals surface area contributed by atoms with E-state index in [-0.39, 0.29) is 6.61 Å². The zero-order chi connectivity index (χ0) is 13.1. The van der Waals surface area contributed by atoms with Crippen LogP contribution in [0.15, 0.2) is 24.3 Å². The monoisotopic (exact) mass is 250 g/mol. The second kappa shape index (κ2) is 9.95. The van der Waals surface area contributed by atoms with E-state index < -0.39 is 0 Å². The Morgan fingerprint density at radius 2 is 1.72 bits per heavy atom. The summed E-state index contributed by atoms with van der Waals surface area (Å²) in [5, 5.41) is 8.79. The fraction of sp³-hybridized carbons (Fsp3) is 0.625. The SMILES string of the molecule is CCCCCCCCc1ccccc1OCCO. The molecule has 2 nitrogen and oxygen atoms in total. The Balaban J connectivity index is 2.27. The molecule has 0 aromatic heterocycles. The van der Waals surface area contributed by atoms with Crippen molar-refractivity contribution in [2.75, 3.05) is 13.2 Å². The molecule has 1 rings (SSSR count). The normalized spacial score (nSPS) is 10.6. The third-order valence-corrected chi connectivity index (χ3v) is 3.12. The molecule has 0 fully saturated rings. The lowest BCUT2D eigenvalue weighted by Gasteiger charge is -2.10. The van der Waals surface area contributed by atoms with E-state index in [1.807, 2.05) is 12.1 Å². The third kappa shape index (κ3) is 6.06. The Morgan fingerprint density at radius 1 is 1.00 bits per heavy atom. The lowest BCUT2D eigenvalue weighted by atomic mass is 10.0. The van der Waals surface area contributed by atoms with Crippen LogP contribution in [0.4, 0.5) is 0 Å². The Bertz CT molecular complexity index is 310. The van der Waals surface area contributed by atoms with Gasteiger partial charge < -0.3 is 9.84 Å². The maximum atomic E-state index is 8.79. The number of hydrogen-bond donors (Lipinski definition) is 1. The van der Waals surface area contributed by atoms with Gasteiger partial charge >= 0.3 is 0 Å². The van der Waals surface area contributed by atoms with Gasteiger partial charge in [0.2, 0.25) is 0 Å². The van der Waals surface area contributed by atoms with Crippen molar-refractivity contribution in [3.8, 4) is 5.75 Å². The van der Waals surface area contributed by atoms with Gasteiger partial charge in [-0.15, -0.1) is 0 Å². The molecule has 1 aromatic carbocycles. The zero-order valence-corrected chi connectivity index (χ0v) is 11.5. The summed E-state index contributed by atoms with van der Waals surface area (Å²) >= 11 is 0. The first-order valence-corrected chi connectivity index (χ1v) is 7.20. The van der Waals surface area contributed by atoms with E-state index in [9.17, 15) is 0 Å². The predicted molar refractivity (Wildman–Crippen MR) is 76.1 cm³/mol. The molecule has 0 heterocycles. The summed E-state index contributed by atoms with van der Waals surface area (Å²) in [6, 6.07) is 8.15. The molecular formula is C16H26O2. The van der Waals surface area contributed by atoms with Crippen LogP contribution in [0.2, 0.25) is 0 Å². The van der Waals surface area contributed by atoms with E-state index >= 15 is 0 Å². The highest BCUT2D eigenvalue weighted by Gasteiger charge is 2.02. The molecule has 0 spiro atoms. The van der Waals surface area contributed by atoms with Crippen molar-refractivity contribution in [2.45, 2.75) is 51.9 Å². The lowest BCUT2D eigenvalue weighted by Crippen LogP contribution is -2.03. The van der Waals surface area contributed by atoms with E-state index in [0.717, 1.165) is 12.2 Å². The zero-order valence-electron chi connectivity index (χ0n) is 11.5. The van der Waals surface area contributed by atoms with Crippen molar-refractivity contribution in [3.63, 3.8) is 0 Å². The molecule has 102 valence electrons. The summed E-state index contributed by atoms with van der Waals surface area (Å²) in [6.07, 6.45) is 8.96. The van der Waals surface area contributed by atoms with Gasteiger partial charge in [-0.05, 0) is 24.5 Å². The number of aryl methyl sites for hydroxylation is 1. The van der Waals surface area contributed by atoms with Gasteiger partial charge in [0.1, 0.15) is 12.4 Å². The number of para-hydroxylation sites is 1.